The van der Waals surface area contributed by atoms with E-state index in [2.05, 4.69) is 19.7 Å². The third-order valence-corrected chi connectivity index (χ3v) is 5.43. The molecule has 0 unspecified atom stereocenters. The highest BCUT2D eigenvalue weighted by molar-refractivity contribution is 8.00. The number of carbonyl (C=O) groups excluding carboxylic acids is 1. The maximum Gasteiger partial charge on any atom is 0.192 e. The van der Waals surface area contributed by atoms with Crippen LogP contribution >= 0.6 is 11.8 Å². The number of ketones is 1. The standard InChI is InChI=1S/C19H16F2N4OS/c1-11(17(26)13-2-5-15(20)16(21)10-13)27-19-24-23-18(25(19)14-3-4-14)12-6-8-22-9-7-12/h2,5-11,14H,3-4H2,1H3/t11-/m0/s1. The highest BCUT2D eigenvalue weighted by Gasteiger charge is 2.31. The molecule has 1 aliphatic rings. The summed E-state index contributed by atoms with van der Waals surface area (Å²) in [4.78, 5) is 16.6. The molecular weight excluding hydrogens is 370 g/mol. The summed E-state index contributed by atoms with van der Waals surface area (Å²) in [7, 11) is 0. The van der Waals surface area contributed by atoms with Crippen LogP contribution in [0.2, 0.25) is 0 Å². The Morgan fingerprint density at radius 3 is 2.56 bits per heavy atom. The number of hydrogen-bond acceptors (Lipinski definition) is 5. The molecule has 0 amide bonds. The predicted molar refractivity (Wildman–Crippen MR) is 97.5 cm³/mol. The molecule has 8 heteroatoms. The summed E-state index contributed by atoms with van der Waals surface area (Å²) >= 11 is 1.28. The number of halogens is 2. The van der Waals surface area contributed by atoms with Gasteiger partial charge in [-0.3, -0.25) is 14.3 Å². The van der Waals surface area contributed by atoms with Gasteiger partial charge in [0.05, 0.1) is 5.25 Å². The van der Waals surface area contributed by atoms with Crippen molar-refractivity contribution in [2.75, 3.05) is 0 Å². The van der Waals surface area contributed by atoms with Gasteiger partial charge in [0.15, 0.2) is 28.4 Å². The summed E-state index contributed by atoms with van der Waals surface area (Å²) in [5.41, 5.74) is 1.05. The second-order valence-electron chi connectivity index (χ2n) is 6.40. The second-order valence-corrected chi connectivity index (χ2v) is 7.70. The van der Waals surface area contributed by atoms with E-state index in [0.717, 1.165) is 36.4 Å². The lowest BCUT2D eigenvalue weighted by Gasteiger charge is -2.12. The molecular formula is C19H16F2N4OS. The van der Waals surface area contributed by atoms with Crippen molar-refractivity contribution in [1.29, 1.82) is 0 Å². The number of pyridine rings is 1. The molecule has 27 heavy (non-hydrogen) atoms. The molecule has 1 aromatic carbocycles. The summed E-state index contributed by atoms with van der Waals surface area (Å²) in [5.74, 6) is -1.54. The lowest BCUT2D eigenvalue weighted by Crippen LogP contribution is -2.15. The van der Waals surface area contributed by atoms with E-state index >= 15 is 0 Å². The first kappa shape index (κ1) is 17.8. The van der Waals surface area contributed by atoms with Gasteiger partial charge in [-0.2, -0.15) is 0 Å². The molecule has 3 aromatic rings. The Hall–Kier alpha value is -2.61. The molecule has 4 rings (SSSR count). The van der Waals surface area contributed by atoms with Gasteiger partial charge in [-0.25, -0.2) is 8.78 Å². The maximum atomic E-state index is 13.4. The fourth-order valence-electron chi connectivity index (χ4n) is 2.81. The summed E-state index contributed by atoms with van der Waals surface area (Å²) in [6.45, 7) is 1.73. The van der Waals surface area contributed by atoms with Crippen LogP contribution in [-0.4, -0.2) is 30.8 Å². The molecule has 2 aromatic heterocycles. The minimum Gasteiger partial charge on any atom is -0.299 e. The lowest BCUT2D eigenvalue weighted by molar-refractivity contribution is 0.0993. The van der Waals surface area contributed by atoms with Crippen molar-refractivity contribution in [2.45, 2.75) is 36.2 Å². The molecule has 0 spiro atoms. The quantitative estimate of drug-likeness (QED) is 0.466. The minimum absolute atomic E-state index is 0.140. The largest absolute Gasteiger partial charge is 0.299 e. The van der Waals surface area contributed by atoms with Crippen LogP contribution in [0, 0.1) is 11.6 Å². The number of aromatic nitrogens is 4. The van der Waals surface area contributed by atoms with Crippen molar-refractivity contribution >= 4 is 17.5 Å². The molecule has 0 saturated heterocycles. The molecule has 2 heterocycles. The number of thioether (sulfide) groups is 1. The molecule has 1 aliphatic carbocycles. The number of carbonyl (C=O) groups is 1. The number of benzene rings is 1. The minimum atomic E-state index is -1.03. The van der Waals surface area contributed by atoms with Gasteiger partial charge in [-0.1, -0.05) is 11.8 Å². The van der Waals surface area contributed by atoms with Crippen molar-refractivity contribution in [3.8, 4) is 11.4 Å². The first-order chi connectivity index (χ1) is 13.0. The molecule has 5 nitrogen and oxygen atoms in total. The molecule has 0 N–H and O–H groups in total. The van der Waals surface area contributed by atoms with Gasteiger partial charge in [-0.15, -0.1) is 10.2 Å². The van der Waals surface area contributed by atoms with Gasteiger partial charge < -0.3 is 0 Å². The van der Waals surface area contributed by atoms with E-state index in [1.807, 2.05) is 12.1 Å². The number of Topliss-reactive ketones (excluding diaryl/α,β-unsaturated/α-hetero) is 1. The number of nitrogens with zero attached hydrogens (tertiary/aromatic N) is 4. The van der Waals surface area contributed by atoms with Crippen LogP contribution in [0.25, 0.3) is 11.4 Å². The fourth-order valence-corrected chi connectivity index (χ4v) is 3.81. The van der Waals surface area contributed by atoms with Crippen LogP contribution in [0.15, 0.2) is 47.9 Å². The number of rotatable bonds is 6. The topological polar surface area (TPSA) is 60.7 Å². The second kappa shape index (κ2) is 7.19. The Labute approximate surface area is 158 Å². The van der Waals surface area contributed by atoms with Gasteiger partial charge in [0.2, 0.25) is 0 Å². The Balaban J connectivity index is 1.60. The summed E-state index contributed by atoms with van der Waals surface area (Å²) in [6, 6.07) is 7.25. The first-order valence-corrected chi connectivity index (χ1v) is 9.44. The normalized spacial score (nSPS) is 14.9. The SMILES string of the molecule is C[C@H](Sc1nnc(-c2ccncc2)n1C1CC1)C(=O)c1ccc(F)c(F)c1. The third-order valence-electron chi connectivity index (χ3n) is 4.37. The van der Waals surface area contributed by atoms with Gasteiger partial charge in [0.25, 0.3) is 0 Å². The third kappa shape index (κ3) is 3.62. The molecule has 1 atom stereocenters. The van der Waals surface area contributed by atoms with Crippen molar-refractivity contribution in [3.05, 3.63) is 59.9 Å². The van der Waals surface area contributed by atoms with Gasteiger partial charge >= 0.3 is 0 Å². The van der Waals surface area contributed by atoms with E-state index in [-0.39, 0.29) is 11.3 Å². The van der Waals surface area contributed by atoms with Gasteiger partial charge in [-0.05, 0) is 50.1 Å². The predicted octanol–water partition coefficient (Wildman–Crippen LogP) is 4.32. The molecule has 1 saturated carbocycles. The Bertz CT molecular complexity index is 989. The van der Waals surface area contributed by atoms with Crippen LogP contribution in [0.5, 0.6) is 0 Å². The molecule has 0 bridgehead atoms. The average Bonchev–Trinajstić information content (AvgIpc) is 3.44. The van der Waals surface area contributed by atoms with E-state index in [0.29, 0.717) is 11.2 Å². The van der Waals surface area contributed by atoms with Crippen LogP contribution < -0.4 is 0 Å². The van der Waals surface area contributed by atoms with Crippen LogP contribution in [0.1, 0.15) is 36.2 Å². The average molecular weight is 386 g/mol. The smallest absolute Gasteiger partial charge is 0.192 e. The Morgan fingerprint density at radius 1 is 1.15 bits per heavy atom. The van der Waals surface area contributed by atoms with Crippen molar-refractivity contribution < 1.29 is 13.6 Å². The monoisotopic (exact) mass is 386 g/mol. The van der Waals surface area contributed by atoms with Crippen molar-refractivity contribution in [2.24, 2.45) is 0 Å². The zero-order valence-electron chi connectivity index (χ0n) is 14.5. The molecule has 0 radical (unpaired) electrons. The van der Waals surface area contributed by atoms with Crippen molar-refractivity contribution in [3.63, 3.8) is 0 Å². The van der Waals surface area contributed by atoms with Gasteiger partial charge in [0, 0.05) is 29.6 Å². The maximum absolute atomic E-state index is 13.4. The van der Waals surface area contributed by atoms with E-state index in [1.165, 1.54) is 17.8 Å². The van der Waals surface area contributed by atoms with E-state index < -0.39 is 16.9 Å². The highest BCUT2D eigenvalue weighted by atomic mass is 32.2. The highest BCUT2D eigenvalue weighted by Crippen LogP contribution is 2.41. The molecule has 1 fully saturated rings. The zero-order valence-corrected chi connectivity index (χ0v) is 15.3. The van der Waals surface area contributed by atoms with Crippen LogP contribution in [0.3, 0.4) is 0 Å². The molecule has 138 valence electrons. The lowest BCUT2D eigenvalue weighted by atomic mass is 10.1. The Morgan fingerprint density at radius 2 is 1.89 bits per heavy atom. The van der Waals surface area contributed by atoms with Crippen LogP contribution in [-0.2, 0) is 0 Å². The summed E-state index contributed by atoms with van der Waals surface area (Å²) in [5, 5.41) is 8.71. The Kier molecular flexibility index (Phi) is 4.73. The van der Waals surface area contributed by atoms with E-state index in [9.17, 15) is 13.6 Å². The first-order valence-electron chi connectivity index (χ1n) is 8.56. The fraction of sp³-hybridized carbons (Fsp3) is 0.263. The van der Waals surface area contributed by atoms with E-state index in [4.69, 9.17) is 0 Å². The zero-order chi connectivity index (χ0) is 19.0. The summed E-state index contributed by atoms with van der Waals surface area (Å²) in [6.07, 6.45) is 5.47. The van der Waals surface area contributed by atoms with Crippen LogP contribution in [0.4, 0.5) is 8.78 Å². The summed E-state index contributed by atoms with van der Waals surface area (Å²) < 4.78 is 28.6. The number of hydrogen-bond donors (Lipinski definition) is 0. The van der Waals surface area contributed by atoms with Crippen molar-refractivity contribution in [1.82, 2.24) is 19.7 Å². The van der Waals surface area contributed by atoms with Gasteiger partial charge in [0.1, 0.15) is 0 Å². The van der Waals surface area contributed by atoms with E-state index in [1.54, 1.807) is 19.3 Å². The molecule has 0 aliphatic heterocycles.